The van der Waals surface area contributed by atoms with Crippen molar-refractivity contribution in [1.82, 2.24) is 0 Å². The Morgan fingerprint density at radius 3 is 0.821 bits per heavy atom. The molecule has 0 spiro atoms. The van der Waals surface area contributed by atoms with Gasteiger partial charge in [0.1, 0.15) is 19.3 Å². The third-order valence-corrected chi connectivity index (χ3v) is 18.1. The zero-order valence-electron chi connectivity index (χ0n) is 65.8. The van der Waals surface area contributed by atoms with E-state index in [1.54, 1.807) is 0 Å². The molecule has 0 saturated carbocycles. The molecule has 17 nitrogen and oxygen atoms in total. The van der Waals surface area contributed by atoms with Crippen molar-refractivity contribution in [3.8, 4) is 0 Å². The molecule has 0 aliphatic rings. The molecule has 0 aromatic rings. The molecular weight excluding hydrogens is 1380 g/mol. The average molecular weight is 1520 g/mol. The third kappa shape index (κ3) is 76.6. The monoisotopic (exact) mass is 1520 g/mol. The van der Waals surface area contributed by atoms with Crippen LogP contribution in [0.2, 0.25) is 0 Å². The lowest BCUT2D eigenvalue weighted by Crippen LogP contribution is -2.30. The van der Waals surface area contributed by atoms with E-state index in [4.69, 9.17) is 37.0 Å². The van der Waals surface area contributed by atoms with E-state index < -0.39 is 97.5 Å². The number of hydrogen-bond donors (Lipinski definition) is 3. The molecule has 0 aromatic heterocycles. The largest absolute Gasteiger partial charge is 0.472 e. The van der Waals surface area contributed by atoms with Gasteiger partial charge in [0.2, 0.25) is 0 Å². The molecule has 3 N–H and O–H groups in total. The van der Waals surface area contributed by atoms with E-state index in [1.165, 1.54) is 25.7 Å². The molecular formula is C87H142O17P2. The van der Waals surface area contributed by atoms with Crippen molar-refractivity contribution < 1.29 is 80.2 Å². The van der Waals surface area contributed by atoms with E-state index in [-0.39, 0.29) is 25.7 Å². The molecule has 0 bridgehead atoms. The predicted octanol–water partition coefficient (Wildman–Crippen LogP) is 23.8. The van der Waals surface area contributed by atoms with Gasteiger partial charge in [0.05, 0.1) is 26.4 Å². The van der Waals surface area contributed by atoms with Crippen LogP contribution in [0, 0.1) is 0 Å². The number of phosphoric ester groups is 2. The lowest BCUT2D eigenvalue weighted by Gasteiger charge is -2.21. The van der Waals surface area contributed by atoms with E-state index in [0.29, 0.717) is 32.1 Å². The van der Waals surface area contributed by atoms with E-state index in [0.717, 1.165) is 186 Å². The van der Waals surface area contributed by atoms with Crippen molar-refractivity contribution in [3.63, 3.8) is 0 Å². The summed E-state index contributed by atoms with van der Waals surface area (Å²) in [5.41, 5.74) is 0. The predicted molar refractivity (Wildman–Crippen MR) is 436 cm³/mol. The summed E-state index contributed by atoms with van der Waals surface area (Å²) in [6.45, 7) is 4.38. The van der Waals surface area contributed by atoms with Crippen molar-refractivity contribution in [2.45, 2.75) is 316 Å². The molecule has 0 fully saturated rings. The number of rotatable bonds is 74. The summed E-state index contributed by atoms with van der Waals surface area (Å²) in [5, 5.41) is 10.6. The maximum absolute atomic E-state index is 13.1. The molecule has 0 aliphatic carbocycles. The van der Waals surface area contributed by atoms with Crippen LogP contribution in [-0.2, 0) is 65.4 Å². The number of aliphatic hydroxyl groups is 1. The lowest BCUT2D eigenvalue weighted by molar-refractivity contribution is -0.161. The van der Waals surface area contributed by atoms with Gasteiger partial charge >= 0.3 is 39.5 Å². The number of unbranched alkanes of at least 4 members (excludes halogenated alkanes) is 20. The smallest absolute Gasteiger partial charge is 0.462 e. The molecule has 0 amide bonds. The number of ether oxygens (including phenoxy) is 4. The van der Waals surface area contributed by atoms with Crippen LogP contribution >= 0.6 is 15.6 Å². The van der Waals surface area contributed by atoms with Crippen LogP contribution in [-0.4, -0.2) is 96.7 Å². The molecule has 19 heteroatoms. The summed E-state index contributed by atoms with van der Waals surface area (Å²) in [4.78, 5) is 73.0. The van der Waals surface area contributed by atoms with Crippen LogP contribution < -0.4 is 0 Å². The molecule has 0 aliphatic heterocycles. The zero-order valence-corrected chi connectivity index (χ0v) is 67.6. The first kappa shape index (κ1) is 100. The standard InChI is InChI=1S/C87H142O17P2/c1-5-9-13-17-21-25-29-33-36-38-40-42-45-49-52-56-60-64-68-72-85(90)98-78-83(104-87(92)74-70-66-62-58-54-50-46-43-41-39-37-34-30-26-22-18-14-10-6-2)80-102-106(95,96)100-76-81(88)75-99-105(93,94)101-79-82(103-86(91)73-69-65-61-57-53-47-32-28-24-20-16-12-8-4)77-97-84(89)71-67-63-59-55-51-48-44-35-31-27-23-19-15-11-7-3/h9-11,13-15,21-23,25-28,32-37,40-44,49,52,60,64,81-83,88H,5-8,12,16-20,24,29-31,38-39,45-48,50-51,53-59,61-63,65-80H2,1-4H3,(H,93,94)(H,95,96)/b13-9-,14-10-,15-11-,25-21-,26-22-,27-23-,32-28-,36-33-,37-34-,42-40-,43-41-,44-35-,52-49-,64-60-. The van der Waals surface area contributed by atoms with Crippen LogP contribution in [0.25, 0.3) is 0 Å². The quantitative estimate of drug-likeness (QED) is 0.0169. The van der Waals surface area contributed by atoms with Gasteiger partial charge in [-0.05, 0) is 161 Å². The van der Waals surface area contributed by atoms with Gasteiger partial charge in [0.15, 0.2) is 12.2 Å². The van der Waals surface area contributed by atoms with Gasteiger partial charge < -0.3 is 33.8 Å². The second-order valence-corrected chi connectivity index (χ2v) is 29.1. The fourth-order valence-electron chi connectivity index (χ4n) is 10.1. The maximum atomic E-state index is 13.1. The summed E-state index contributed by atoms with van der Waals surface area (Å²) in [5.74, 6) is -2.33. The molecule has 5 atom stereocenters. The highest BCUT2D eigenvalue weighted by Crippen LogP contribution is 2.45. The highest BCUT2D eigenvalue weighted by atomic mass is 31.2. The molecule has 106 heavy (non-hydrogen) atoms. The topological polar surface area (TPSA) is 237 Å². The molecule has 602 valence electrons. The lowest BCUT2D eigenvalue weighted by atomic mass is 10.1. The van der Waals surface area contributed by atoms with E-state index >= 15 is 0 Å². The Kier molecular flexibility index (Phi) is 73.5. The van der Waals surface area contributed by atoms with Crippen molar-refractivity contribution in [2.75, 3.05) is 39.6 Å². The zero-order chi connectivity index (χ0) is 77.4. The minimum Gasteiger partial charge on any atom is -0.462 e. The Morgan fingerprint density at radius 1 is 0.274 bits per heavy atom. The molecule has 5 unspecified atom stereocenters. The van der Waals surface area contributed by atoms with Crippen molar-refractivity contribution in [2.24, 2.45) is 0 Å². The Labute approximate surface area is 642 Å². The Hall–Kier alpha value is -5.58. The Bertz CT molecular complexity index is 2680. The fourth-order valence-corrected chi connectivity index (χ4v) is 11.7. The number of carbonyl (C=O) groups excluding carboxylic acids is 4. The van der Waals surface area contributed by atoms with Gasteiger partial charge in [-0.3, -0.25) is 37.3 Å². The first-order valence-corrected chi connectivity index (χ1v) is 43.4. The van der Waals surface area contributed by atoms with Crippen molar-refractivity contribution >= 4 is 39.5 Å². The second kappa shape index (κ2) is 77.6. The number of allylic oxidation sites excluding steroid dienone is 28. The minimum absolute atomic E-state index is 0.0265. The van der Waals surface area contributed by atoms with Crippen LogP contribution in [0.1, 0.15) is 297 Å². The first-order valence-electron chi connectivity index (χ1n) is 40.4. The van der Waals surface area contributed by atoms with Gasteiger partial charge in [-0.25, -0.2) is 9.13 Å². The Balaban J connectivity index is 5.47. The van der Waals surface area contributed by atoms with E-state index in [2.05, 4.69) is 180 Å². The number of aliphatic hydroxyl groups excluding tert-OH is 1. The van der Waals surface area contributed by atoms with Gasteiger partial charge in [0, 0.05) is 25.7 Å². The van der Waals surface area contributed by atoms with Crippen LogP contribution in [0.3, 0.4) is 0 Å². The molecule has 0 heterocycles. The number of hydrogen-bond acceptors (Lipinski definition) is 15. The van der Waals surface area contributed by atoms with Crippen molar-refractivity contribution in [1.29, 1.82) is 0 Å². The second-order valence-electron chi connectivity index (χ2n) is 26.2. The minimum atomic E-state index is -5.01. The van der Waals surface area contributed by atoms with Crippen LogP contribution in [0.5, 0.6) is 0 Å². The summed E-state index contributed by atoms with van der Waals surface area (Å²) < 4.78 is 68.5. The SMILES string of the molecule is CC/C=C\C/C=C\C/C=C\C/C=C\C/C=C\C/C=C\CCC(=O)OCC(COP(=O)(O)OCC(O)COP(=O)(O)OCC(COC(=O)CCCCCCC/C=C\C/C=C\C/C=C\CC)OC(=O)CCCCCCC/C=C\CCCCCC)OC(=O)CCCCCCCC/C=C\C/C=C\C/C=C\C/C=C\CC. The summed E-state index contributed by atoms with van der Waals surface area (Å²) in [6, 6.07) is 0. The normalized spacial score (nSPS) is 14.7. The fraction of sp³-hybridized carbons (Fsp3) is 0.632. The molecule has 0 rings (SSSR count). The first-order chi connectivity index (χ1) is 51.7. The van der Waals surface area contributed by atoms with Crippen LogP contribution in [0.15, 0.2) is 170 Å². The van der Waals surface area contributed by atoms with E-state index in [1.807, 2.05) is 18.2 Å². The highest BCUT2D eigenvalue weighted by Gasteiger charge is 2.30. The molecule has 0 aromatic carbocycles. The van der Waals surface area contributed by atoms with Crippen molar-refractivity contribution in [3.05, 3.63) is 170 Å². The van der Waals surface area contributed by atoms with Gasteiger partial charge in [0.25, 0.3) is 0 Å². The van der Waals surface area contributed by atoms with Crippen LogP contribution in [0.4, 0.5) is 0 Å². The van der Waals surface area contributed by atoms with Gasteiger partial charge in [-0.15, -0.1) is 0 Å². The number of carbonyl (C=O) groups is 4. The summed E-state index contributed by atoms with van der Waals surface area (Å²) >= 11 is 0. The van der Waals surface area contributed by atoms with Gasteiger partial charge in [-0.2, -0.15) is 0 Å². The summed E-state index contributed by atoms with van der Waals surface area (Å²) in [6.07, 6.45) is 92.0. The Morgan fingerprint density at radius 2 is 0.509 bits per heavy atom. The highest BCUT2D eigenvalue weighted by molar-refractivity contribution is 7.47. The maximum Gasteiger partial charge on any atom is 0.472 e. The number of phosphoric acid groups is 2. The van der Waals surface area contributed by atoms with E-state index in [9.17, 15) is 43.2 Å². The molecule has 0 saturated heterocycles. The molecule has 0 radical (unpaired) electrons. The van der Waals surface area contributed by atoms with Gasteiger partial charge in [-0.1, -0.05) is 281 Å². The third-order valence-electron chi connectivity index (χ3n) is 16.2. The average Bonchev–Trinajstić information content (AvgIpc) is 0.903. The summed E-state index contributed by atoms with van der Waals surface area (Å²) in [7, 11) is -10.0. The number of esters is 4.